The maximum atomic E-state index is 13.8. The molecular weight excluding hydrogens is 472 g/mol. The van der Waals surface area contributed by atoms with Crippen molar-refractivity contribution in [2.24, 2.45) is 23.7 Å². The summed E-state index contributed by atoms with van der Waals surface area (Å²) in [5.41, 5.74) is 1.04. The molecule has 0 aliphatic carbocycles. The van der Waals surface area contributed by atoms with E-state index < -0.39 is 41.7 Å². The fourth-order valence-corrected chi connectivity index (χ4v) is 5.74. The van der Waals surface area contributed by atoms with Gasteiger partial charge in [-0.1, -0.05) is 58.0 Å². The number of ketones is 1. The second-order valence-electron chi connectivity index (χ2n) is 12.0. The van der Waals surface area contributed by atoms with Gasteiger partial charge in [0.1, 0.15) is 11.9 Å². The molecule has 0 bridgehead atoms. The van der Waals surface area contributed by atoms with Crippen LogP contribution in [0.4, 0.5) is 0 Å². The van der Waals surface area contributed by atoms with Crippen LogP contribution in [-0.4, -0.2) is 59.6 Å². The molecule has 10 atom stereocenters. The number of carbonyl (C=O) groups excluding carboxylic acids is 1. The van der Waals surface area contributed by atoms with Gasteiger partial charge in [-0.15, -0.1) is 0 Å². The molecule has 0 radical (unpaired) electrons. The minimum absolute atomic E-state index is 0.00183. The third-order valence-corrected chi connectivity index (χ3v) is 8.13. The Morgan fingerprint density at radius 1 is 0.946 bits per heavy atom. The van der Waals surface area contributed by atoms with Gasteiger partial charge in [0, 0.05) is 23.7 Å². The van der Waals surface area contributed by atoms with Crippen molar-refractivity contribution < 1.29 is 33.6 Å². The standard InChI is InChI=1S/C30H48O7/c1-17-21(5)35-30(9,10)37-28(17)20(4)27(34-22(6)23-14-12-11-13-15-23)19(3)25(31)18(2)26(32)24-16-33-29(7,8)36-24/h11-15,17-22,24,26-28,32H,16H2,1-10H3/t17-,18+,19+,20-,21+,22-,24+,26-,27+,28+/m0/s1. The minimum atomic E-state index is -0.976. The normalized spacial score (nSPS) is 32.2. The third-order valence-electron chi connectivity index (χ3n) is 8.13. The first-order valence-electron chi connectivity index (χ1n) is 13.7. The van der Waals surface area contributed by atoms with Crippen LogP contribution in [0.1, 0.15) is 80.9 Å². The molecule has 0 aromatic heterocycles. The van der Waals surface area contributed by atoms with Gasteiger partial charge in [0.05, 0.1) is 37.1 Å². The van der Waals surface area contributed by atoms with Gasteiger partial charge in [-0.3, -0.25) is 4.79 Å². The smallest absolute Gasteiger partial charge is 0.163 e. The summed E-state index contributed by atoms with van der Waals surface area (Å²) in [6.07, 6.45) is -2.37. The zero-order valence-corrected chi connectivity index (χ0v) is 24.3. The van der Waals surface area contributed by atoms with Crippen molar-refractivity contribution in [2.45, 2.75) is 117 Å². The Labute approximate surface area is 223 Å². The van der Waals surface area contributed by atoms with Gasteiger partial charge in [0.25, 0.3) is 0 Å². The molecule has 0 saturated carbocycles. The zero-order chi connectivity index (χ0) is 27.7. The summed E-state index contributed by atoms with van der Waals surface area (Å²) >= 11 is 0. The first-order valence-corrected chi connectivity index (χ1v) is 13.7. The number of ether oxygens (including phenoxy) is 5. The van der Waals surface area contributed by atoms with E-state index >= 15 is 0 Å². The van der Waals surface area contributed by atoms with E-state index in [-0.39, 0.29) is 42.5 Å². The lowest BCUT2D eigenvalue weighted by Gasteiger charge is -2.48. The van der Waals surface area contributed by atoms with Crippen molar-refractivity contribution in [3.05, 3.63) is 35.9 Å². The Morgan fingerprint density at radius 2 is 1.57 bits per heavy atom. The van der Waals surface area contributed by atoms with Crippen LogP contribution >= 0.6 is 0 Å². The highest BCUT2D eigenvalue weighted by atomic mass is 16.7. The number of carbonyl (C=O) groups is 1. The van der Waals surface area contributed by atoms with E-state index in [9.17, 15) is 9.90 Å². The molecule has 3 rings (SSSR count). The summed E-state index contributed by atoms with van der Waals surface area (Å²) < 4.78 is 30.7. The van der Waals surface area contributed by atoms with Crippen LogP contribution in [0.3, 0.4) is 0 Å². The molecule has 2 aliphatic rings. The fourth-order valence-electron chi connectivity index (χ4n) is 5.74. The van der Waals surface area contributed by atoms with E-state index in [1.54, 1.807) is 6.92 Å². The summed E-state index contributed by atoms with van der Waals surface area (Å²) in [5.74, 6) is -2.71. The molecule has 2 heterocycles. The van der Waals surface area contributed by atoms with E-state index in [0.717, 1.165) is 5.56 Å². The van der Waals surface area contributed by atoms with Gasteiger partial charge in [0.2, 0.25) is 0 Å². The number of aliphatic hydroxyl groups excluding tert-OH is 1. The Morgan fingerprint density at radius 3 is 2.14 bits per heavy atom. The third kappa shape index (κ3) is 7.20. The molecule has 1 aromatic rings. The molecule has 2 saturated heterocycles. The Bertz CT molecular complexity index is 885. The van der Waals surface area contributed by atoms with Gasteiger partial charge < -0.3 is 28.8 Å². The molecule has 7 heteroatoms. The molecule has 0 amide bonds. The van der Waals surface area contributed by atoms with Crippen molar-refractivity contribution in [3.8, 4) is 0 Å². The molecule has 210 valence electrons. The zero-order valence-electron chi connectivity index (χ0n) is 24.3. The number of benzene rings is 1. The quantitative estimate of drug-likeness (QED) is 0.448. The topological polar surface area (TPSA) is 83.5 Å². The van der Waals surface area contributed by atoms with Crippen molar-refractivity contribution in [1.82, 2.24) is 0 Å². The highest BCUT2D eigenvalue weighted by Gasteiger charge is 2.47. The summed E-state index contributed by atoms with van der Waals surface area (Å²) in [6.45, 7) is 19.7. The van der Waals surface area contributed by atoms with Crippen molar-refractivity contribution in [1.29, 1.82) is 0 Å². The van der Waals surface area contributed by atoms with Crippen molar-refractivity contribution in [3.63, 3.8) is 0 Å². The molecule has 0 spiro atoms. The van der Waals surface area contributed by atoms with Crippen LogP contribution in [0.5, 0.6) is 0 Å². The maximum Gasteiger partial charge on any atom is 0.163 e. The highest BCUT2D eigenvalue weighted by molar-refractivity contribution is 5.84. The molecule has 2 aliphatic heterocycles. The summed E-state index contributed by atoms with van der Waals surface area (Å²) in [4.78, 5) is 13.8. The van der Waals surface area contributed by atoms with Gasteiger partial charge in [-0.2, -0.15) is 0 Å². The summed E-state index contributed by atoms with van der Waals surface area (Å²) in [7, 11) is 0. The first kappa shape index (κ1) is 30.2. The Balaban J connectivity index is 1.85. The number of aliphatic hydroxyl groups is 1. The fraction of sp³-hybridized carbons (Fsp3) is 0.767. The summed E-state index contributed by atoms with van der Waals surface area (Å²) in [6, 6.07) is 10.0. The molecule has 1 N–H and O–H groups in total. The Hall–Kier alpha value is -1.35. The number of hydrogen-bond donors (Lipinski definition) is 1. The van der Waals surface area contributed by atoms with Gasteiger partial charge in [-0.05, 0) is 47.1 Å². The maximum absolute atomic E-state index is 13.8. The first-order chi connectivity index (χ1) is 17.1. The van der Waals surface area contributed by atoms with Gasteiger partial charge in [0.15, 0.2) is 11.6 Å². The number of Topliss-reactive ketones (excluding diaryl/α,β-unsaturated/α-hetero) is 1. The molecule has 0 unspecified atom stereocenters. The average Bonchev–Trinajstić information content (AvgIpc) is 3.22. The SMILES string of the molecule is C[C@H]([C@@H]1OC(C)(C)O[C@H](C)[C@@H]1C)[C@H](O[C@@H](C)c1ccccc1)[C@H](C)C(=O)[C@@H](C)[C@H](O)[C@H]1COC(C)(C)O1. The average molecular weight is 521 g/mol. The van der Waals surface area contributed by atoms with Crippen LogP contribution in [0.25, 0.3) is 0 Å². The lowest BCUT2D eigenvalue weighted by molar-refractivity contribution is -0.329. The van der Waals surface area contributed by atoms with Crippen LogP contribution < -0.4 is 0 Å². The monoisotopic (exact) mass is 520 g/mol. The summed E-state index contributed by atoms with van der Waals surface area (Å²) in [5, 5.41) is 11.0. The Kier molecular flexibility index (Phi) is 9.63. The van der Waals surface area contributed by atoms with E-state index in [4.69, 9.17) is 23.7 Å². The van der Waals surface area contributed by atoms with E-state index in [1.807, 2.05) is 71.9 Å². The molecule has 37 heavy (non-hydrogen) atoms. The molecule has 2 fully saturated rings. The number of rotatable bonds is 10. The van der Waals surface area contributed by atoms with Crippen molar-refractivity contribution >= 4 is 5.78 Å². The highest BCUT2D eigenvalue weighted by Crippen LogP contribution is 2.39. The predicted octanol–water partition coefficient (Wildman–Crippen LogP) is 5.30. The van der Waals surface area contributed by atoms with Gasteiger partial charge >= 0.3 is 0 Å². The molecule has 7 nitrogen and oxygen atoms in total. The van der Waals surface area contributed by atoms with E-state index in [1.165, 1.54) is 0 Å². The minimum Gasteiger partial charge on any atom is -0.390 e. The predicted molar refractivity (Wildman–Crippen MR) is 142 cm³/mol. The second-order valence-corrected chi connectivity index (χ2v) is 12.0. The van der Waals surface area contributed by atoms with Crippen LogP contribution in [0, 0.1) is 23.7 Å². The molecule has 1 aromatic carbocycles. The van der Waals surface area contributed by atoms with Crippen LogP contribution in [-0.2, 0) is 28.5 Å². The lowest BCUT2D eigenvalue weighted by atomic mass is 9.77. The van der Waals surface area contributed by atoms with Crippen LogP contribution in [0.15, 0.2) is 30.3 Å². The van der Waals surface area contributed by atoms with Crippen LogP contribution in [0.2, 0.25) is 0 Å². The lowest BCUT2D eigenvalue weighted by Crippen LogP contribution is -2.55. The van der Waals surface area contributed by atoms with Gasteiger partial charge in [-0.25, -0.2) is 0 Å². The van der Waals surface area contributed by atoms with E-state index in [0.29, 0.717) is 0 Å². The number of hydrogen-bond acceptors (Lipinski definition) is 7. The largest absolute Gasteiger partial charge is 0.390 e. The van der Waals surface area contributed by atoms with E-state index in [2.05, 4.69) is 20.8 Å². The second kappa shape index (κ2) is 11.8. The van der Waals surface area contributed by atoms with Crippen molar-refractivity contribution in [2.75, 3.05) is 6.61 Å². The molecular formula is C30H48O7.